The Morgan fingerprint density at radius 3 is 2.59 bits per heavy atom. The molecule has 8 heteroatoms. The van der Waals surface area contributed by atoms with E-state index in [4.69, 9.17) is 0 Å². The first-order valence-electron chi connectivity index (χ1n) is 12.9. The van der Waals surface area contributed by atoms with Gasteiger partial charge in [0.1, 0.15) is 23.3 Å². The second kappa shape index (κ2) is 11.3. The maximum absolute atomic E-state index is 14.8. The molecule has 1 fully saturated rings. The number of urea groups is 1. The molecule has 0 bridgehead atoms. The highest BCUT2D eigenvalue weighted by Gasteiger charge is 2.47. The summed E-state index contributed by atoms with van der Waals surface area (Å²) in [4.78, 5) is 19.6. The average molecular weight is 516 g/mol. The fourth-order valence-electron chi connectivity index (χ4n) is 5.56. The third kappa shape index (κ3) is 5.70. The van der Waals surface area contributed by atoms with Crippen LogP contribution in [0.3, 0.4) is 0 Å². The molecule has 2 heterocycles. The first-order chi connectivity index (χ1) is 17.6. The van der Waals surface area contributed by atoms with Crippen LogP contribution in [0.2, 0.25) is 0 Å². The summed E-state index contributed by atoms with van der Waals surface area (Å²) in [7, 11) is 1.87. The number of likely N-dealkylation sites (tertiary alicyclic amines) is 1. The van der Waals surface area contributed by atoms with Crippen molar-refractivity contribution in [1.82, 2.24) is 14.7 Å². The van der Waals surface area contributed by atoms with Crippen LogP contribution in [0.15, 0.2) is 54.6 Å². The molecule has 1 saturated heterocycles. The van der Waals surface area contributed by atoms with Gasteiger partial charge in [-0.1, -0.05) is 44.2 Å². The lowest BCUT2D eigenvalue weighted by atomic mass is 9.89. The van der Waals surface area contributed by atoms with Crippen molar-refractivity contribution < 1.29 is 23.1 Å². The molecule has 0 aliphatic carbocycles. The molecule has 2 amide bonds. The second-order valence-electron chi connectivity index (χ2n) is 10.7. The van der Waals surface area contributed by atoms with E-state index in [9.17, 15) is 23.1 Å². The van der Waals surface area contributed by atoms with Gasteiger partial charge in [0, 0.05) is 37.7 Å². The fraction of sp³-hybridized carbons (Fsp3) is 0.483. The number of amides is 2. The molecule has 2 aromatic rings. The number of alkyl halides is 1. The van der Waals surface area contributed by atoms with E-state index in [2.05, 4.69) is 0 Å². The number of halogens is 3. The predicted octanol–water partition coefficient (Wildman–Crippen LogP) is 5.06. The van der Waals surface area contributed by atoms with Crippen molar-refractivity contribution in [2.45, 2.75) is 44.4 Å². The van der Waals surface area contributed by atoms with Gasteiger partial charge < -0.3 is 19.8 Å². The Kier molecular flexibility index (Phi) is 8.29. The highest BCUT2D eigenvalue weighted by molar-refractivity contribution is 5.84. The highest BCUT2D eigenvalue weighted by Crippen LogP contribution is 2.42. The zero-order chi connectivity index (χ0) is 26.7. The van der Waals surface area contributed by atoms with Gasteiger partial charge in [0.25, 0.3) is 0 Å². The largest absolute Gasteiger partial charge is 0.393 e. The van der Waals surface area contributed by atoms with Gasteiger partial charge in [0.2, 0.25) is 0 Å². The molecule has 0 radical (unpaired) electrons. The Labute approximate surface area is 217 Å². The lowest BCUT2D eigenvalue weighted by Crippen LogP contribution is -2.56. The monoisotopic (exact) mass is 515 g/mol. The van der Waals surface area contributed by atoms with E-state index in [0.29, 0.717) is 37.2 Å². The Hall–Kier alpha value is -2.84. The van der Waals surface area contributed by atoms with Gasteiger partial charge in [-0.15, -0.1) is 0 Å². The van der Waals surface area contributed by atoms with Crippen molar-refractivity contribution in [2.75, 3.05) is 39.8 Å². The van der Waals surface area contributed by atoms with Crippen LogP contribution in [0.25, 0.3) is 5.57 Å². The number of aliphatic hydroxyl groups excluding tert-OH is 1. The van der Waals surface area contributed by atoms with E-state index >= 15 is 0 Å². The maximum atomic E-state index is 14.8. The molecule has 1 N–H and O–H groups in total. The molecule has 200 valence electrons. The number of rotatable bonds is 6. The number of carbonyl (C=O) groups is 1. The number of carbonyl (C=O) groups excluding carboxylic acids is 1. The Morgan fingerprint density at radius 1 is 1.19 bits per heavy atom. The molecule has 0 aromatic heterocycles. The Bertz CT molecular complexity index is 1130. The highest BCUT2D eigenvalue weighted by atomic mass is 19.1. The number of nitrogens with zero attached hydrogens (tertiary/aromatic N) is 3. The van der Waals surface area contributed by atoms with Crippen LogP contribution < -0.4 is 0 Å². The molecule has 2 unspecified atom stereocenters. The van der Waals surface area contributed by atoms with Crippen LogP contribution >= 0.6 is 0 Å². The molecule has 0 spiro atoms. The van der Waals surface area contributed by atoms with E-state index in [1.807, 2.05) is 56.1 Å². The van der Waals surface area contributed by atoms with Crippen molar-refractivity contribution in [1.29, 1.82) is 0 Å². The summed E-state index contributed by atoms with van der Waals surface area (Å²) >= 11 is 0. The van der Waals surface area contributed by atoms with Crippen LogP contribution in [0, 0.1) is 17.6 Å². The molecule has 5 nitrogen and oxygen atoms in total. The second-order valence-corrected chi connectivity index (χ2v) is 10.7. The van der Waals surface area contributed by atoms with E-state index in [1.54, 1.807) is 11.0 Å². The first kappa shape index (κ1) is 27.2. The van der Waals surface area contributed by atoms with Crippen molar-refractivity contribution in [3.63, 3.8) is 0 Å². The normalized spacial score (nSPS) is 24.8. The molecule has 4 rings (SSSR count). The number of hydrogen-bond donors (Lipinski definition) is 1. The number of benzene rings is 2. The van der Waals surface area contributed by atoms with E-state index in [1.165, 1.54) is 4.90 Å². The molecule has 2 aliphatic heterocycles. The van der Waals surface area contributed by atoms with Crippen molar-refractivity contribution in [3.05, 3.63) is 77.4 Å². The predicted molar refractivity (Wildman–Crippen MR) is 139 cm³/mol. The van der Waals surface area contributed by atoms with Gasteiger partial charge in [-0.3, -0.25) is 0 Å². The summed E-state index contributed by atoms with van der Waals surface area (Å²) < 4.78 is 43.7. The molecular weight excluding hydrogens is 479 g/mol. The molecular formula is C29H36F3N3O2. The van der Waals surface area contributed by atoms with E-state index < -0.39 is 30.0 Å². The van der Waals surface area contributed by atoms with E-state index in [0.717, 1.165) is 18.2 Å². The minimum absolute atomic E-state index is 0.0189. The van der Waals surface area contributed by atoms with E-state index in [-0.39, 0.29) is 36.5 Å². The zero-order valence-electron chi connectivity index (χ0n) is 21.7. The fourth-order valence-corrected chi connectivity index (χ4v) is 5.56. The van der Waals surface area contributed by atoms with Crippen LogP contribution in [0.4, 0.5) is 18.0 Å². The minimum Gasteiger partial charge on any atom is -0.393 e. The van der Waals surface area contributed by atoms with Crippen LogP contribution in [0.1, 0.15) is 37.8 Å². The van der Waals surface area contributed by atoms with Gasteiger partial charge in [0.05, 0.1) is 6.61 Å². The smallest absolute Gasteiger partial charge is 0.321 e. The molecule has 2 aromatic carbocycles. The summed E-state index contributed by atoms with van der Waals surface area (Å²) in [6.45, 7) is 4.93. The first-order valence-corrected chi connectivity index (χ1v) is 12.9. The van der Waals surface area contributed by atoms with Gasteiger partial charge in [-0.25, -0.2) is 18.0 Å². The lowest BCUT2D eigenvalue weighted by molar-refractivity contribution is 0.0650. The van der Waals surface area contributed by atoms with Crippen molar-refractivity contribution in [3.8, 4) is 0 Å². The Balaban J connectivity index is 1.78. The topological polar surface area (TPSA) is 47.0 Å². The minimum atomic E-state index is -1.28. The third-order valence-electron chi connectivity index (χ3n) is 7.37. The summed E-state index contributed by atoms with van der Waals surface area (Å²) in [6, 6.07) is 11.6. The summed E-state index contributed by atoms with van der Waals surface area (Å²) in [5.41, 5.74) is -0.152. The quantitative estimate of drug-likeness (QED) is 0.585. The van der Waals surface area contributed by atoms with Gasteiger partial charge in [-0.05, 0) is 61.3 Å². The average Bonchev–Trinajstić information content (AvgIpc) is 3.18. The van der Waals surface area contributed by atoms with Crippen LogP contribution in [-0.2, 0) is 5.54 Å². The Morgan fingerprint density at radius 2 is 1.92 bits per heavy atom. The maximum Gasteiger partial charge on any atom is 0.321 e. The molecule has 3 atom stereocenters. The third-order valence-corrected chi connectivity index (χ3v) is 7.37. The molecule has 2 aliphatic rings. The zero-order valence-corrected chi connectivity index (χ0v) is 21.7. The van der Waals surface area contributed by atoms with Crippen LogP contribution in [0.5, 0.6) is 0 Å². The summed E-state index contributed by atoms with van der Waals surface area (Å²) in [5, 5.41) is 10.8. The number of hydrogen-bond acceptors (Lipinski definition) is 3. The van der Waals surface area contributed by atoms with Gasteiger partial charge in [-0.2, -0.15) is 0 Å². The van der Waals surface area contributed by atoms with Gasteiger partial charge >= 0.3 is 6.03 Å². The molecule has 37 heavy (non-hydrogen) atoms. The molecule has 0 saturated carbocycles. The van der Waals surface area contributed by atoms with Crippen LogP contribution in [-0.4, -0.2) is 77.9 Å². The summed E-state index contributed by atoms with van der Waals surface area (Å²) in [6.07, 6.45) is 1.46. The standard InChI is InChI=1S/C29H36F3N3O2/c1-20(2)16-34(25-11-12-33(3)18-24(31)13-25)28(37)35-17-21(26-14-23(30)9-10-27(26)32)15-29(35,19-36)22-7-5-4-6-8-22/h4-10,14-15,20,24-25,36H,11-13,16-19H2,1-3H3/t24?,25?,29-/m1/s1. The SMILES string of the molecule is CC(C)CN(C(=O)N1CC(c2cc(F)ccc2F)=C[C@@]1(CO)c1ccccc1)C1CCN(C)CC(F)C1. The lowest BCUT2D eigenvalue weighted by Gasteiger charge is -2.43. The van der Waals surface area contributed by atoms with Crippen molar-refractivity contribution >= 4 is 11.6 Å². The summed E-state index contributed by atoms with van der Waals surface area (Å²) in [5.74, 6) is -1.07. The number of aliphatic hydroxyl groups is 1. The van der Waals surface area contributed by atoms with Crippen molar-refractivity contribution in [2.24, 2.45) is 5.92 Å². The van der Waals surface area contributed by atoms with Gasteiger partial charge in [0.15, 0.2) is 0 Å².